The third-order valence-electron chi connectivity index (χ3n) is 3.69. The van der Waals surface area contributed by atoms with Crippen molar-refractivity contribution in [3.05, 3.63) is 11.3 Å². The quantitative estimate of drug-likeness (QED) is 0.308. The van der Waals surface area contributed by atoms with Crippen LogP contribution in [0, 0.1) is 6.92 Å². The van der Waals surface area contributed by atoms with Crippen LogP contribution >= 0.6 is 23.2 Å². The zero-order valence-corrected chi connectivity index (χ0v) is 17.8. The number of ether oxygens (including phenoxy) is 1. The molecule has 0 spiro atoms. The number of anilines is 1. The maximum absolute atomic E-state index is 12.6. The largest absolute Gasteiger partial charge is 0.462 e. The average Bonchev–Trinajstić information content (AvgIpc) is 3.03. The molecule has 0 saturated carbocycles. The lowest BCUT2D eigenvalue weighted by atomic mass is 10.2. The number of H-pyrrole nitrogens is 1. The van der Waals surface area contributed by atoms with E-state index < -0.39 is 33.7 Å². The van der Waals surface area contributed by atoms with E-state index in [9.17, 15) is 22.8 Å². The fourth-order valence-electron chi connectivity index (χ4n) is 2.41. The highest BCUT2D eigenvalue weighted by atomic mass is 35.5. The monoisotopic (exact) mass is 468 g/mol. The molecule has 0 bridgehead atoms. The van der Waals surface area contributed by atoms with Crippen LogP contribution in [0.4, 0.5) is 5.82 Å². The Labute approximate surface area is 176 Å². The van der Waals surface area contributed by atoms with Gasteiger partial charge in [0.2, 0.25) is 5.71 Å². The summed E-state index contributed by atoms with van der Waals surface area (Å²) < 4.78 is 30.8. The standard InChI is InChI=1S/C14H18Cl2N6O6S/c1-3-28-14(25)9-8(2)17-19-11(9)20-18-10-12(23)21(6-4-15)29(26,27)22(7-5-16)13(10)24/h3-7H2,1-2H3,(H2,17,19,20). The van der Waals surface area contributed by atoms with Gasteiger partial charge in [-0.1, -0.05) is 0 Å². The van der Waals surface area contributed by atoms with Crippen molar-refractivity contribution in [1.82, 2.24) is 18.8 Å². The summed E-state index contributed by atoms with van der Waals surface area (Å²) in [4.78, 5) is 37.2. The molecule has 160 valence electrons. The molecule has 12 nitrogen and oxygen atoms in total. The van der Waals surface area contributed by atoms with Crippen molar-refractivity contribution in [3.8, 4) is 0 Å². The number of esters is 1. The molecule has 2 N–H and O–H groups in total. The van der Waals surface area contributed by atoms with E-state index >= 15 is 0 Å². The van der Waals surface area contributed by atoms with Gasteiger partial charge < -0.3 is 4.74 Å². The number of alkyl halides is 2. The lowest BCUT2D eigenvalue weighted by molar-refractivity contribution is -0.126. The number of aryl methyl sites for hydroxylation is 1. The Morgan fingerprint density at radius 2 is 1.76 bits per heavy atom. The van der Waals surface area contributed by atoms with Crippen molar-refractivity contribution in [1.29, 1.82) is 0 Å². The normalized spacial score (nSPS) is 16.2. The Balaban J connectivity index is 2.43. The van der Waals surface area contributed by atoms with Crippen LogP contribution in [0.3, 0.4) is 0 Å². The van der Waals surface area contributed by atoms with Crippen molar-refractivity contribution in [3.63, 3.8) is 0 Å². The lowest BCUT2D eigenvalue weighted by Crippen LogP contribution is -2.61. The van der Waals surface area contributed by atoms with E-state index in [1.165, 1.54) is 0 Å². The Morgan fingerprint density at radius 3 is 2.24 bits per heavy atom. The Bertz CT molecular complexity index is 912. The highest BCUT2D eigenvalue weighted by molar-refractivity contribution is 7.88. The summed E-state index contributed by atoms with van der Waals surface area (Å²) in [5, 5.41) is 10.1. The van der Waals surface area contributed by atoms with E-state index in [0.717, 1.165) is 0 Å². The van der Waals surface area contributed by atoms with Crippen molar-refractivity contribution in [2.75, 3.05) is 36.9 Å². The van der Waals surface area contributed by atoms with Gasteiger partial charge in [0.1, 0.15) is 5.56 Å². The zero-order chi connectivity index (χ0) is 21.8. The van der Waals surface area contributed by atoms with E-state index in [1.54, 1.807) is 13.8 Å². The second-order valence-electron chi connectivity index (χ2n) is 5.51. The summed E-state index contributed by atoms with van der Waals surface area (Å²) in [6, 6.07) is 0. The first kappa shape index (κ1) is 22.9. The number of nitrogens with zero attached hydrogens (tertiary/aromatic N) is 4. The summed E-state index contributed by atoms with van der Waals surface area (Å²) in [6.07, 6.45) is 0. The number of aromatic nitrogens is 2. The SMILES string of the molecule is CCOC(=O)c1c(NN=C2C(=O)N(CCCl)S(=O)(=O)N(CCCl)C2=O)n[nH]c1C. The molecule has 1 fully saturated rings. The number of aromatic amines is 1. The first-order valence-corrected chi connectivity index (χ1v) is 10.7. The zero-order valence-electron chi connectivity index (χ0n) is 15.4. The third-order valence-corrected chi connectivity index (χ3v) is 5.84. The van der Waals surface area contributed by atoms with Gasteiger partial charge in [0.15, 0.2) is 5.82 Å². The number of nitrogens with one attached hydrogen (secondary N) is 2. The molecule has 0 aliphatic carbocycles. The van der Waals surface area contributed by atoms with Gasteiger partial charge in [-0.05, 0) is 13.8 Å². The lowest BCUT2D eigenvalue weighted by Gasteiger charge is -2.33. The maximum atomic E-state index is 12.6. The minimum Gasteiger partial charge on any atom is -0.462 e. The summed E-state index contributed by atoms with van der Waals surface area (Å²) >= 11 is 11.2. The topological polar surface area (TPSA) is 154 Å². The number of halogens is 2. The van der Waals surface area contributed by atoms with Crippen molar-refractivity contribution < 1.29 is 27.5 Å². The van der Waals surface area contributed by atoms with Crippen LogP contribution in [0.5, 0.6) is 0 Å². The van der Waals surface area contributed by atoms with Gasteiger partial charge in [-0.2, -0.15) is 18.6 Å². The Morgan fingerprint density at radius 1 is 1.21 bits per heavy atom. The van der Waals surface area contributed by atoms with Gasteiger partial charge in [0.25, 0.3) is 11.8 Å². The average molecular weight is 469 g/mol. The minimum atomic E-state index is -4.43. The number of hydrogen-bond donors (Lipinski definition) is 2. The maximum Gasteiger partial charge on any atom is 0.343 e. The van der Waals surface area contributed by atoms with Crippen LogP contribution in [-0.2, 0) is 24.5 Å². The summed E-state index contributed by atoms with van der Waals surface area (Å²) in [5.74, 6) is -3.52. The van der Waals surface area contributed by atoms with E-state index in [0.29, 0.717) is 14.3 Å². The number of carbonyl (C=O) groups is 3. The fraction of sp³-hybridized carbons (Fsp3) is 0.500. The van der Waals surface area contributed by atoms with Gasteiger partial charge in [0, 0.05) is 17.5 Å². The predicted octanol–water partition coefficient (Wildman–Crippen LogP) is 0.0559. The molecule has 1 aliphatic rings. The van der Waals surface area contributed by atoms with E-state index in [2.05, 4.69) is 20.7 Å². The van der Waals surface area contributed by atoms with Crippen LogP contribution in [-0.4, -0.2) is 82.2 Å². The van der Waals surface area contributed by atoms with Crippen LogP contribution < -0.4 is 5.43 Å². The number of amides is 2. The fourth-order valence-corrected chi connectivity index (χ4v) is 4.42. The molecule has 0 aromatic carbocycles. The minimum absolute atomic E-state index is 0.0229. The van der Waals surface area contributed by atoms with Crippen LogP contribution in [0.1, 0.15) is 23.0 Å². The molecule has 0 unspecified atom stereocenters. The Kier molecular flexibility index (Phi) is 7.43. The molecule has 1 aromatic rings. The van der Waals surface area contributed by atoms with Crippen LogP contribution in [0.15, 0.2) is 5.10 Å². The molecule has 0 atom stereocenters. The second kappa shape index (κ2) is 9.41. The Hall–Kier alpha value is -2.38. The van der Waals surface area contributed by atoms with E-state index in [4.69, 9.17) is 27.9 Å². The summed E-state index contributed by atoms with van der Waals surface area (Å²) in [5.41, 5.74) is 2.00. The second-order valence-corrected chi connectivity index (χ2v) is 8.04. The number of hydrazone groups is 1. The van der Waals surface area contributed by atoms with Crippen molar-refractivity contribution in [2.24, 2.45) is 5.10 Å². The smallest absolute Gasteiger partial charge is 0.343 e. The molecule has 29 heavy (non-hydrogen) atoms. The van der Waals surface area contributed by atoms with Crippen LogP contribution in [0.2, 0.25) is 0 Å². The number of carbonyl (C=O) groups excluding carboxylic acids is 3. The summed E-state index contributed by atoms with van der Waals surface area (Å²) in [7, 11) is -4.43. The van der Waals surface area contributed by atoms with E-state index in [-0.39, 0.29) is 42.8 Å². The molecular formula is C14H18Cl2N6O6S. The first-order valence-electron chi connectivity index (χ1n) is 8.27. The first-order chi connectivity index (χ1) is 13.7. The van der Waals surface area contributed by atoms with Gasteiger partial charge >= 0.3 is 16.2 Å². The highest BCUT2D eigenvalue weighted by Crippen LogP contribution is 2.20. The van der Waals surface area contributed by atoms with Gasteiger partial charge in [-0.15, -0.1) is 23.2 Å². The number of rotatable bonds is 8. The predicted molar refractivity (Wildman–Crippen MR) is 104 cm³/mol. The number of hydrogen-bond acceptors (Lipinski definition) is 9. The molecule has 1 aromatic heterocycles. The van der Waals surface area contributed by atoms with Gasteiger partial charge in [0.05, 0.1) is 19.7 Å². The molecule has 15 heteroatoms. The van der Waals surface area contributed by atoms with Crippen molar-refractivity contribution >= 4 is 62.7 Å². The van der Waals surface area contributed by atoms with Crippen LogP contribution in [0.25, 0.3) is 0 Å². The molecule has 2 rings (SSSR count). The molecule has 2 amide bonds. The molecule has 0 radical (unpaired) electrons. The summed E-state index contributed by atoms with van der Waals surface area (Å²) in [6.45, 7) is 2.56. The molecule has 1 saturated heterocycles. The van der Waals surface area contributed by atoms with E-state index in [1.807, 2.05) is 0 Å². The van der Waals surface area contributed by atoms with Gasteiger partial charge in [-0.3, -0.25) is 20.1 Å². The van der Waals surface area contributed by atoms with Gasteiger partial charge in [-0.25, -0.2) is 13.4 Å². The molecule has 2 heterocycles. The third kappa shape index (κ3) is 4.46. The van der Waals surface area contributed by atoms with Crippen molar-refractivity contribution in [2.45, 2.75) is 13.8 Å². The molecular weight excluding hydrogens is 451 g/mol. The highest BCUT2D eigenvalue weighted by Gasteiger charge is 2.47. The molecule has 1 aliphatic heterocycles.